The van der Waals surface area contributed by atoms with Gasteiger partial charge in [-0.25, -0.2) is 4.39 Å². The van der Waals surface area contributed by atoms with Gasteiger partial charge in [-0.2, -0.15) is 0 Å². The van der Waals surface area contributed by atoms with E-state index < -0.39 is 0 Å². The Hall–Kier alpha value is -1.55. The number of halogens is 2. The molecule has 0 saturated carbocycles. The van der Waals surface area contributed by atoms with Gasteiger partial charge in [0, 0.05) is 19.7 Å². The van der Waals surface area contributed by atoms with E-state index >= 15 is 0 Å². The molecular formula is C14H14BrFN2. The van der Waals surface area contributed by atoms with E-state index in [2.05, 4.69) is 26.6 Å². The fourth-order valence-electron chi connectivity index (χ4n) is 1.69. The Labute approximate surface area is 114 Å². The van der Waals surface area contributed by atoms with Gasteiger partial charge in [0.05, 0.1) is 15.8 Å². The molecule has 0 unspecified atom stereocenters. The number of hydrogen-bond acceptors (Lipinski definition) is 2. The molecule has 0 radical (unpaired) electrons. The van der Waals surface area contributed by atoms with Crippen molar-refractivity contribution in [2.24, 2.45) is 0 Å². The largest absolute Gasteiger partial charge is 0.386 e. The molecule has 2 nitrogen and oxygen atoms in total. The van der Waals surface area contributed by atoms with Gasteiger partial charge < -0.3 is 10.6 Å². The van der Waals surface area contributed by atoms with Crippen molar-refractivity contribution in [1.29, 1.82) is 0 Å². The standard InChI is InChI=1S/C14H14BrFN2/c1-17-13-7-11(15)12(16)8-14(13)18-9-10-5-3-2-4-6-10/h2-8,17-18H,9H2,1H3. The summed E-state index contributed by atoms with van der Waals surface area (Å²) >= 11 is 3.17. The second-order valence-electron chi connectivity index (χ2n) is 3.90. The summed E-state index contributed by atoms with van der Waals surface area (Å²) in [6.45, 7) is 0.663. The maximum absolute atomic E-state index is 13.5. The molecule has 0 saturated heterocycles. The molecule has 0 aromatic heterocycles. The van der Waals surface area contributed by atoms with Crippen LogP contribution in [0.5, 0.6) is 0 Å². The van der Waals surface area contributed by atoms with Crippen LogP contribution in [-0.4, -0.2) is 7.05 Å². The van der Waals surface area contributed by atoms with E-state index in [-0.39, 0.29) is 5.82 Å². The lowest BCUT2D eigenvalue weighted by Gasteiger charge is -2.13. The van der Waals surface area contributed by atoms with Gasteiger partial charge in [-0.1, -0.05) is 30.3 Å². The van der Waals surface area contributed by atoms with Crippen molar-refractivity contribution in [1.82, 2.24) is 0 Å². The van der Waals surface area contributed by atoms with Crippen molar-refractivity contribution in [3.05, 3.63) is 58.3 Å². The third-order valence-corrected chi connectivity index (χ3v) is 3.26. The van der Waals surface area contributed by atoms with Gasteiger partial charge >= 0.3 is 0 Å². The molecule has 0 bridgehead atoms. The summed E-state index contributed by atoms with van der Waals surface area (Å²) in [5.41, 5.74) is 2.77. The molecule has 0 atom stereocenters. The monoisotopic (exact) mass is 308 g/mol. The van der Waals surface area contributed by atoms with Gasteiger partial charge in [-0.3, -0.25) is 0 Å². The fraction of sp³-hybridized carbons (Fsp3) is 0.143. The summed E-state index contributed by atoms with van der Waals surface area (Å²) in [7, 11) is 1.81. The van der Waals surface area contributed by atoms with E-state index in [0.717, 1.165) is 16.9 Å². The molecule has 0 amide bonds. The van der Waals surface area contributed by atoms with E-state index in [9.17, 15) is 4.39 Å². The first-order chi connectivity index (χ1) is 8.70. The van der Waals surface area contributed by atoms with Crippen molar-refractivity contribution >= 4 is 27.3 Å². The molecule has 2 aromatic rings. The van der Waals surface area contributed by atoms with Crippen LogP contribution in [0.4, 0.5) is 15.8 Å². The minimum absolute atomic E-state index is 0.274. The van der Waals surface area contributed by atoms with Crippen LogP contribution in [0.15, 0.2) is 46.9 Å². The lowest BCUT2D eigenvalue weighted by atomic mass is 10.2. The molecule has 0 fully saturated rings. The zero-order chi connectivity index (χ0) is 13.0. The Bertz CT molecular complexity index is 529. The average Bonchev–Trinajstić information content (AvgIpc) is 2.41. The SMILES string of the molecule is CNc1cc(Br)c(F)cc1NCc1ccccc1. The van der Waals surface area contributed by atoms with Crippen LogP contribution in [0.25, 0.3) is 0 Å². The van der Waals surface area contributed by atoms with Crippen LogP contribution >= 0.6 is 15.9 Å². The van der Waals surface area contributed by atoms with Gasteiger partial charge in [0.15, 0.2) is 0 Å². The van der Waals surface area contributed by atoms with E-state index in [0.29, 0.717) is 11.0 Å². The number of rotatable bonds is 4. The number of anilines is 2. The Morgan fingerprint density at radius 3 is 2.50 bits per heavy atom. The predicted octanol–water partition coefficient (Wildman–Crippen LogP) is 4.24. The molecule has 0 heterocycles. The molecule has 2 aromatic carbocycles. The first-order valence-electron chi connectivity index (χ1n) is 5.65. The van der Waals surface area contributed by atoms with Crippen LogP contribution in [0.3, 0.4) is 0 Å². The van der Waals surface area contributed by atoms with Crippen molar-refractivity contribution in [2.45, 2.75) is 6.54 Å². The molecule has 2 N–H and O–H groups in total. The Balaban J connectivity index is 2.16. The van der Waals surface area contributed by atoms with E-state index in [4.69, 9.17) is 0 Å². The van der Waals surface area contributed by atoms with Crippen LogP contribution in [0, 0.1) is 5.82 Å². The van der Waals surface area contributed by atoms with E-state index in [1.165, 1.54) is 6.07 Å². The van der Waals surface area contributed by atoms with Crippen LogP contribution in [0.2, 0.25) is 0 Å². The highest BCUT2D eigenvalue weighted by atomic mass is 79.9. The third-order valence-electron chi connectivity index (χ3n) is 2.66. The van der Waals surface area contributed by atoms with Gasteiger partial charge in [0.25, 0.3) is 0 Å². The number of nitrogens with one attached hydrogen (secondary N) is 2. The second kappa shape index (κ2) is 5.87. The molecule has 0 aliphatic rings. The first-order valence-corrected chi connectivity index (χ1v) is 6.44. The summed E-state index contributed by atoms with van der Waals surface area (Å²) in [5.74, 6) is -0.274. The lowest BCUT2D eigenvalue weighted by molar-refractivity contribution is 0.621. The van der Waals surface area contributed by atoms with E-state index in [1.807, 2.05) is 37.4 Å². The highest BCUT2D eigenvalue weighted by Crippen LogP contribution is 2.28. The van der Waals surface area contributed by atoms with Crippen LogP contribution in [0.1, 0.15) is 5.56 Å². The fourth-order valence-corrected chi connectivity index (χ4v) is 2.04. The van der Waals surface area contributed by atoms with Crippen molar-refractivity contribution in [2.75, 3.05) is 17.7 Å². The van der Waals surface area contributed by atoms with Crippen LogP contribution in [-0.2, 0) is 6.54 Å². The van der Waals surface area contributed by atoms with Crippen LogP contribution < -0.4 is 10.6 Å². The molecular weight excluding hydrogens is 295 g/mol. The molecule has 4 heteroatoms. The minimum Gasteiger partial charge on any atom is -0.386 e. The Morgan fingerprint density at radius 2 is 1.83 bits per heavy atom. The molecule has 2 rings (SSSR count). The predicted molar refractivity (Wildman–Crippen MR) is 77.4 cm³/mol. The summed E-state index contributed by atoms with van der Waals surface area (Å²) in [6, 6.07) is 13.2. The summed E-state index contributed by atoms with van der Waals surface area (Å²) in [4.78, 5) is 0. The smallest absolute Gasteiger partial charge is 0.139 e. The molecule has 94 valence electrons. The van der Waals surface area contributed by atoms with Gasteiger partial charge in [-0.15, -0.1) is 0 Å². The maximum atomic E-state index is 13.5. The van der Waals surface area contributed by atoms with Gasteiger partial charge in [0.1, 0.15) is 5.82 Å². The summed E-state index contributed by atoms with van der Waals surface area (Å²) in [6.07, 6.45) is 0. The zero-order valence-corrected chi connectivity index (χ0v) is 11.6. The number of hydrogen-bond donors (Lipinski definition) is 2. The normalized spacial score (nSPS) is 10.2. The molecule has 18 heavy (non-hydrogen) atoms. The quantitative estimate of drug-likeness (QED) is 0.882. The highest BCUT2D eigenvalue weighted by molar-refractivity contribution is 9.10. The lowest BCUT2D eigenvalue weighted by Crippen LogP contribution is -2.03. The maximum Gasteiger partial charge on any atom is 0.139 e. The topological polar surface area (TPSA) is 24.1 Å². The van der Waals surface area contributed by atoms with Gasteiger partial charge in [0.2, 0.25) is 0 Å². The summed E-state index contributed by atoms with van der Waals surface area (Å²) in [5, 5.41) is 6.27. The zero-order valence-electron chi connectivity index (χ0n) is 10.0. The molecule has 0 spiro atoms. The molecule has 0 aliphatic carbocycles. The van der Waals surface area contributed by atoms with E-state index in [1.54, 1.807) is 6.07 Å². The highest BCUT2D eigenvalue weighted by Gasteiger charge is 2.06. The average molecular weight is 309 g/mol. The van der Waals surface area contributed by atoms with Crippen molar-refractivity contribution < 1.29 is 4.39 Å². The third kappa shape index (κ3) is 3.01. The Kier molecular flexibility index (Phi) is 4.20. The summed E-state index contributed by atoms with van der Waals surface area (Å²) < 4.78 is 14.0. The van der Waals surface area contributed by atoms with Crippen molar-refractivity contribution in [3.8, 4) is 0 Å². The Morgan fingerprint density at radius 1 is 1.11 bits per heavy atom. The van der Waals surface area contributed by atoms with Gasteiger partial charge in [-0.05, 0) is 27.6 Å². The number of benzene rings is 2. The first kappa shape index (κ1) is 12.9. The molecule has 0 aliphatic heterocycles. The van der Waals surface area contributed by atoms with Crippen molar-refractivity contribution in [3.63, 3.8) is 0 Å². The second-order valence-corrected chi connectivity index (χ2v) is 4.76. The minimum atomic E-state index is -0.274.